The quantitative estimate of drug-likeness (QED) is 0.0157. The van der Waals surface area contributed by atoms with Crippen LogP contribution < -0.4 is 0 Å². The summed E-state index contributed by atoms with van der Waals surface area (Å²) in [6.07, 6.45) is 43.7. The second-order valence-electron chi connectivity index (χ2n) is 15.2. The van der Waals surface area contributed by atoms with Crippen LogP contribution in [0.4, 0.5) is 0 Å². The summed E-state index contributed by atoms with van der Waals surface area (Å²) < 4.78 is 34.2. The fraction of sp³-hybridized carbons (Fsp3) is 0.652. The molecule has 0 aromatic carbocycles. The molecule has 0 aromatic rings. The van der Waals surface area contributed by atoms with Gasteiger partial charge in [0.25, 0.3) is 0 Å². The largest absolute Gasteiger partial charge is 0.472 e. The predicted octanol–water partition coefficient (Wildman–Crippen LogP) is 11.0. The van der Waals surface area contributed by atoms with Gasteiger partial charge in [-0.15, -0.1) is 0 Å². The molecule has 0 bridgehead atoms. The molecule has 0 aliphatic carbocycles. The van der Waals surface area contributed by atoms with E-state index in [1.807, 2.05) is 33.3 Å². The predicted molar refractivity (Wildman–Crippen MR) is 235 cm³/mol. The first kappa shape index (κ1) is 54.2. The minimum absolute atomic E-state index is 0.00561. The van der Waals surface area contributed by atoms with Crippen LogP contribution in [0.3, 0.4) is 0 Å². The SMILES string of the molecule is CC/C=C\C/C=C\C/C=C\C/C=C\CCCCCCC(=O)O[C@H](COC(=O)CCCCCCCC(O)/C=C/C=C/C/C=C/CC)COP(=O)(O)OCC[N+](C)(C)C. The van der Waals surface area contributed by atoms with Crippen LogP contribution in [0, 0.1) is 0 Å². The zero-order valence-electron chi connectivity index (χ0n) is 36.1. The summed E-state index contributed by atoms with van der Waals surface area (Å²) in [6.45, 7) is 4.01. The standard InChI is InChI=1S/C46H78NO9P/c1-6-8-10-12-14-15-16-17-18-19-20-21-22-23-25-29-34-38-46(50)56-44(42-55-57(51,52)54-40-39-47(3,4)5)41-53-45(49)37-33-30-26-28-32-36-43(48)35-31-27-24-13-11-9-7-2/h8-11,14-15,17-18,20-21,24,27,31,35,43-44,48H,6-7,12-13,16,19,22-23,25-26,28-30,32-34,36-42H2,1-5H3/p+1/b10-8-,11-9+,15-14-,18-17-,21-20-,27-24+,35-31+/t43?,44-/m1/s1. The van der Waals surface area contributed by atoms with E-state index in [1.165, 1.54) is 0 Å². The van der Waals surface area contributed by atoms with Gasteiger partial charge in [0.05, 0.1) is 33.9 Å². The molecule has 2 N–H and O–H groups in total. The number of carbonyl (C=O) groups is 2. The summed E-state index contributed by atoms with van der Waals surface area (Å²) in [5, 5.41) is 10.1. The number of aliphatic hydroxyl groups is 1. The number of nitrogens with zero attached hydrogens (tertiary/aromatic N) is 1. The number of phosphoric acid groups is 1. The van der Waals surface area contributed by atoms with Crippen LogP contribution in [0.15, 0.2) is 85.1 Å². The monoisotopic (exact) mass is 821 g/mol. The lowest BCUT2D eigenvalue weighted by atomic mass is 10.1. The van der Waals surface area contributed by atoms with Gasteiger partial charge in [-0.3, -0.25) is 18.6 Å². The van der Waals surface area contributed by atoms with Crippen LogP contribution in [-0.4, -0.2) is 86.1 Å². The smallest absolute Gasteiger partial charge is 0.462 e. The van der Waals surface area contributed by atoms with Gasteiger partial charge in [0.2, 0.25) is 0 Å². The van der Waals surface area contributed by atoms with Crippen LogP contribution in [0.1, 0.15) is 136 Å². The Balaban J connectivity index is 4.53. The second kappa shape index (κ2) is 37.4. The maximum Gasteiger partial charge on any atom is 0.472 e. The van der Waals surface area contributed by atoms with Crippen molar-refractivity contribution in [3.8, 4) is 0 Å². The number of aliphatic hydroxyl groups excluding tert-OH is 1. The third kappa shape index (κ3) is 41.1. The van der Waals surface area contributed by atoms with Crippen molar-refractivity contribution in [3.63, 3.8) is 0 Å². The zero-order chi connectivity index (χ0) is 42.3. The average Bonchev–Trinajstić information content (AvgIpc) is 3.15. The van der Waals surface area contributed by atoms with Crippen molar-refractivity contribution in [1.82, 2.24) is 0 Å². The van der Waals surface area contributed by atoms with Crippen molar-refractivity contribution < 1.29 is 47.2 Å². The lowest BCUT2D eigenvalue weighted by Crippen LogP contribution is -2.37. The van der Waals surface area contributed by atoms with E-state index in [0.29, 0.717) is 30.3 Å². The summed E-state index contributed by atoms with van der Waals surface area (Å²) in [4.78, 5) is 35.4. The molecule has 0 saturated heterocycles. The van der Waals surface area contributed by atoms with E-state index in [-0.39, 0.29) is 26.1 Å². The molecule has 0 fully saturated rings. The molecule has 0 aliphatic rings. The van der Waals surface area contributed by atoms with Crippen molar-refractivity contribution in [2.45, 2.75) is 148 Å². The van der Waals surface area contributed by atoms with Crippen molar-refractivity contribution in [1.29, 1.82) is 0 Å². The third-order valence-corrected chi connectivity index (χ3v) is 9.51. The summed E-state index contributed by atoms with van der Waals surface area (Å²) in [6, 6.07) is 0. The fourth-order valence-electron chi connectivity index (χ4n) is 5.19. The molecule has 10 nitrogen and oxygen atoms in total. The molecule has 3 atom stereocenters. The Morgan fingerprint density at radius 1 is 0.632 bits per heavy atom. The van der Waals surface area contributed by atoms with Crippen molar-refractivity contribution in [2.75, 3.05) is 47.5 Å². The lowest BCUT2D eigenvalue weighted by Gasteiger charge is -2.24. The highest BCUT2D eigenvalue weighted by atomic mass is 31.2. The summed E-state index contributed by atoms with van der Waals surface area (Å²) >= 11 is 0. The van der Waals surface area contributed by atoms with Crippen LogP contribution in [0.5, 0.6) is 0 Å². The molecule has 0 rings (SSSR count). The van der Waals surface area contributed by atoms with Gasteiger partial charge in [-0.1, -0.05) is 137 Å². The van der Waals surface area contributed by atoms with Crippen molar-refractivity contribution in [2.24, 2.45) is 0 Å². The summed E-state index contributed by atoms with van der Waals surface area (Å²) in [7, 11) is 1.39. The normalized spacial score (nSPS) is 15.0. The van der Waals surface area contributed by atoms with Gasteiger partial charge in [-0.25, -0.2) is 4.57 Å². The average molecular weight is 821 g/mol. The molecular weight excluding hydrogens is 741 g/mol. The van der Waals surface area contributed by atoms with E-state index in [9.17, 15) is 24.2 Å². The Labute approximate surface area is 346 Å². The molecule has 0 saturated carbocycles. The van der Waals surface area contributed by atoms with Crippen LogP contribution in [0.2, 0.25) is 0 Å². The molecule has 2 unspecified atom stereocenters. The van der Waals surface area contributed by atoms with Gasteiger partial charge >= 0.3 is 19.8 Å². The second-order valence-corrected chi connectivity index (χ2v) is 16.6. The number of esters is 2. The Morgan fingerprint density at radius 2 is 1.16 bits per heavy atom. The number of hydrogen-bond acceptors (Lipinski definition) is 8. The maximum absolute atomic E-state index is 12.7. The first-order valence-electron chi connectivity index (χ1n) is 21.4. The van der Waals surface area contributed by atoms with Gasteiger partial charge in [0, 0.05) is 12.8 Å². The van der Waals surface area contributed by atoms with E-state index in [1.54, 1.807) is 6.08 Å². The molecule has 0 spiro atoms. The van der Waals surface area contributed by atoms with Gasteiger partial charge in [-0.05, 0) is 70.6 Å². The minimum atomic E-state index is -4.41. The van der Waals surface area contributed by atoms with E-state index < -0.39 is 38.6 Å². The van der Waals surface area contributed by atoms with Crippen molar-refractivity contribution >= 4 is 19.8 Å². The number of phosphoric ester groups is 1. The highest BCUT2D eigenvalue weighted by Gasteiger charge is 2.27. The Kier molecular flexibility index (Phi) is 35.6. The maximum atomic E-state index is 12.7. The number of rotatable bonds is 37. The van der Waals surface area contributed by atoms with E-state index >= 15 is 0 Å². The van der Waals surface area contributed by atoms with Gasteiger partial charge in [0.15, 0.2) is 6.10 Å². The topological polar surface area (TPSA) is 129 Å². The number of quaternary nitrogens is 1. The lowest BCUT2D eigenvalue weighted by molar-refractivity contribution is -0.870. The van der Waals surface area contributed by atoms with E-state index in [2.05, 4.69) is 80.7 Å². The van der Waals surface area contributed by atoms with Crippen LogP contribution in [-0.2, 0) is 32.7 Å². The number of unbranched alkanes of at least 4 members (excludes halogenated alkanes) is 8. The number of hydrogen-bond donors (Lipinski definition) is 2. The zero-order valence-corrected chi connectivity index (χ0v) is 37.0. The van der Waals surface area contributed by atoms with Crippen LogP contribution >= 0.6 is 7.82 Å². The molecule has 0 radical (unpaired) electrons. The Bertz CT molecular complexity index is 1260. The molecule has 11 heteroatoms. The number of ether oxygens (including phenoxy) is 2. The molecule has 0 aromatic heterocycles. The minimum Gasteiger partial charge on any atom is -0.462 e. The molecule has 0 amide bonds. The van der Waals surface area contributed by atoms with E-state index in [0.717, 1.165) is 89.9 Å². The van der Waals surface area contributed by atoms with E-state index in [4.69, 9.17) is 18.5 Å². The number of likely N-dealkylation sites (N-methyl/N-ethyl adjacent to an activating group) is 1. The first-order valence-corrected chi connectivity index (χ1v) is 22.9. The molecule has 57 heavy (non-hydrogen) atoms. The highest BCUT2D eigenvalue weighted by Crippen LogP contribution is 2.43. The van der Waals surface area contributed by atoms with Gasteiger partial charge in [-0.2, -0.15) is 0 Å². The number of allylic oxidation sites excluding steroid dienone is 13. The van der Waals surface area contributed by atoms with Crippen molar-refractivity contribution in [3.05, 3.63) is 85.1 Å². The molecule has 0 aliphatic heterocycles. The fourth-order valence-corrected chi connectivity index (χ4v) is 5.93. The summed E-state index contributed by atoms with van der Waals surface area (Å²) in [5.74, 6) is -0.913. The Morgan fingerprint density at radius 3 is 1.77 bits per heavy atom. The summed E-state index contributed by atoms with van der Waals surface area (Å²) in [5.41, 5.74) is 0. The first-order chi connectivity index (χ1) is 27.4. The van der Waals surface area contributed by atoms with Crippen LogP contribution in [0.25, 0.3) is 0 Å². The van der Waals surface area contributed by atoms with Gasteiger partial charge < -0.3 is 24.0 Å². The molecular formula is C46H79NO9P+. The Hall–Kier alpha value is -2.85. The third-order valence-electron chi connectivity index (χ3n) is 8.52. The number of carbonyl (C=O) groups excluding carboxylic acids is 2. The van der Waals surface area contributed by atoms with Gasteiger partial charge in [0.1, 0.15) is 19.8 Å². The highest BCUT2D eigenvalue weighted by molar-refractivity contribution is 7.47. The molecule has 326 valence electrons. The molecule has 0 heterocycles.